The molecule has 3 rings (SSSR count). The van der Waals surface area contributed by atoms with Crippen molar-refractivity contribution in [2.45, 2.75) is 50.2 Å². The molecule has 1 atom stereocenters. The van der Waals surface area contributed by atoms with Gasteiger partial charge in [0.1, 0.15) is 0 Å². The highest BCUT2D eigenvalue weighted by Crippen LogP contribution is 2.30. The summed E-state index contributed by atoms with van der Waals surface area (Å²) in [5.41, 5.74) is 0. The summed E-state index contributed by atoms with van der Waals surface area (Å²) in [6, 6.07) is 1.52. The van der Waals surface area contributed by atoms with Crippen LogP contribution >= 0.6 is 0 Å². The van der Waals surface area contributed by atoms with Crippen LogP contribution in [-0.4, -0.2) is 48.7 Å². The fourth-order valence-electron chi connectivity index (χ4n) is 2.78. The van der Waals surface area contributed by atoms with E-state index in [1.165, 1.54) is 12.8 Å². The van der Waals surface area contributed by atoms with Gasteiger partial charge < -0.3 is 15.0 Å². The van der Waals surface area contributed by atoms with Crippen LogP contribution in [0.2, 0.25) is 0 Å². The van der Waals surface area contributed by atoms with Crippen molar-refractivity contribution in [1.29, 1.82) is 0 Å². The van der Waals surface area contributed by atoms with Crippen LogP contribution in [-0.2, 0) is 9.53 Å². The maximum absolute atomic E-state index is 11.8. The zero-order chi connectivity index (χ0) is 11.0. The highest BCUT2D eigenvalue weighted by Gasteiger charge is 2.39. The molecule has 1 N–H and O–H groups in total. The maximum atomic E-state index is 11.8. The number of likely N-dealkylation sites (tertiary alicyclic amines) is 1. The van der Waals surface area contributed by atoms with Crippen LogP contribution in [0.3, 0.4) is 0 Å². The van der Waals surface area contributed by atoms with Crippen molar-refractivity contribution in [3.05, 3.63) is 0 Å². The van der Waals surface area contributed by atoms with Gasteiger partial charge in [0.2, 0.25) is 5.91 Å². The van der Waals surface area contributed by atoms with E-state index >= 15 is 0 Å². The first-order valence-corrected chi connectivity index (χ1v) is 6.46. The summed E-state index contributed by atoms with van der Waals surface area (Å²) in [7, 11) is 0. The molecule has 0 aromatic rings. The average molecular weight is 224 g/mol. The minimum atomic E-state index is 0.354. The summed E-state index contributed by atoms with van der Waals surface area (Å²) in [4.78, 5) is 13.8. The van der Waals surface area contributed by atoms with E-state index in [1.807, 2.05) is 0 Å². The SMILES string of the molecule is O=C1CC(NC2CCOCC2)CN1C1CC1. The Morgan fingerprint density at radius 2 is 1.88 bits per heavy atom. The molecule has 4 heteroatoms. The molecule has 2 saturated heterocycles. The minimum Gasteiger partial charge on any atom is -0.381 e. The standard InChI is InChI=1S/C12H20N2O2/c15-12-7-10(8-14(12)11-1-2-11)13-9-3-5-16-6-4-9/h9-11,13H,1-8H2. The van der Waals surface area contributed by atoms with Gasteiger partial charge in [0.05, 0.1) is 0 Å². The predicted octanol–water partition coefficient (Wildman–Crippen LogP) is 0.518. The number of ether oxygens (including phenoxy) is 1. The number of carbonyl (C=O) groups is 1. The van der Waals surface area contributed by atoms with Crippen LogP contribution in [0.15, 0.2) is 0 Å². The van der Waals surface area contributed by atoms with Crippen molar-refractivity contribution < 1.29 is 9.53 Å². The number of carbonyl (C=O) groups excluding carboxylic acids is 1. The minimum absolute atomic E-state index is 0.354. The zero-order valence-electron chi connectivity index (χ0n) is 9.65. The topological polar surface area (TPSA) is 41.6 Å². The Hall–Kier alpha value is -0.610. The third kappa shape index (κ3) is 2.23. The summed E-state index contributed by atoms with van der Waals surface area (Å²) >= 11 is 0. The number of hydrogen-bond donors (Lipinski definition) is 1. The molecule has 0 spiro atoms. The summed E-state index contributed by atoms with van der Waals surface area (Å²) in [5.74, 6) is 0.354. The first-order valence-electron chi connectivity index (χ1n) is 6.46. The van der Waals surface area contributed by atoms with Gasteiger partial charge in [-0.3, -0.25) is 4.79 Å². The number of nitrogens with one attached hydrogen (secondary N) is 1. The molecule has 3 fully saturated rings. The summed E-state index contributed by atoms with van der Waals surface area (Å²) < 4.78 is 5.34. The first kappa shape index (κ1) is 10.5. The van der Waals surface area contributed by atoms with Gasteiger partial charge in [-0.25, -0.2) is 0 Å². The van der Waals surface area contributed by atoms with Crippen molar-refractivity contribution in [3.8, 4) is 0 Å². The lowest BCUT2D eigenvalue weighted by Gasteiger charge is -2.26. The molecule has 0 bridgehead atoms. The van der Waals surface area contributed by atoms with Gasteiger partial charge in [-0.1, -0.05) is 0 Å². The van der Waals surface area contributed by atoms with Crippen molar-refractivity contribution in [1.82, 2.24) is 10.2 Å². The molecule has 3 aliphatic rings. The fraction of sp³-hybridized carbons (Fsp3) is 0.917. The molecule has 0 aromatic heterocycles. The van der Waals surface area contributed by atoms with E-state index in [9.17, 15) is 4.79 Å². The van der Waals surface area contributed by atoms with E-state index in [1.54, 1.807) is 0 Å². The molecular weight excluding hydrogens is 204 g/mol. The van der Waals surface area contributed by atoms with Crippen LogP contribution in [0, 0.1) is 0 Å². The predicted molar refractivity (Wildman–Crippen MR) is 60.1 cm³/mol. The van der Waals surface area contributed by atoms with Gasteiger partial charge in [0.25, 0.3) is 0 Å². The summed E-state index contributed by atoms with van der Waals surface area (Å²) in [6.45, 7) is 2.66. The third-order valence-corrected chi connectivity index (χ3v) is 3.84. The van der Waals surface area contributed by atoms with Crippen LogP contribution in [0.4, 0.5) is 0 Å². The molecule has 0 radical (unpaired) electrons. The van der Waals surface area contributed by atoms with E-state index in [-0.39, 0.29) is 0 Å². The quantitative estimate of drug-likeness (QED) is 0.760. The Labute approximate surface area is 96.3 Å². The van der Waals surface area contributed by atoms with Gasteiger partial charge in [0.15, 0.2) is 0 Å². The Bertz CT molecular complexity index is 272. The average Bonchev–Trinajstić information content (AvgIpc) is 3.06. The summed E-state index contributed by atoms with van der Waals surface area (Å²) in [5, 5.41) is 3.62. The molecule has 1 aliphatic carbocycles. The van der Waals surface area contributed by atoms with Crippen molar-refractivity contribution in [2.75, 3.05) is 19.8 Å². The monoisotopic (exact) mass is 224 g/mol. The first-order chi connectivity index (χ1) is 7.83. The zero-order valence-corrected chi connectivity index (χ0v) is 9.65. The molecule has 4 nitrogen and oxygen atoms in total. The maximum Gasteiger partial charge on any atom is 0.224 e. The van der Waals surface area contributed by atoms with Crippen LogP contribution in [0.25, 0.3) is 0 Å². The molecule has 2 aliphatic heterocycles. The molecule has 2 heterocycles. The van der Waals surface area contributed by atoms with E-state index in [2.05, 4.69) is 10.2 Å². The highest BCUT2D eigenvalue weighted by molar-refractivity contribution is 5.80. The van der Waals surface area contributed by atoms with Crippen LogP contribution in [0.1, 0.15) is 32.1 Å². The third-order valence-electron chi connectivity index (χ3n) is 3.84. The Morgan fingerprint density at radius 1 is 1.12 bits per heavy atom. The van der Waals surface area contributed by atoms with Gasteiger partial charge in [-0.15, -0.1) is 0 Å². The summed E-state index contributed by atoms with van der Waals surface area (Å²) in [6.07, 6.45) is 5.32. The fourth-order valence-corrected chi connectivity index (χ4v) is 2.78. The van der Waals surface area contributed by atoms with Gasteiger partial charge in [-0.2, -0.15) is 0 Å². The molecule has 0 aromatic carbocycles. The second-order valence-corrected chi connectivity index (χ2v) is 5.23. The normalized spacial score (nSPS) is 32.4. The molecule has 1 saturated carbocycles. The molecule has 1 unspecified atom stereocenters. The van der Waals surface area contributed by atoms with Gasteiger partial charge >= 0.3 is 0 Å². The largest absolute Gasteiger partial charge is 0.381 e. The lowest BCUT2D eigenvalue weighted by molar-refractivity contribution is -0.128. The number of hydrogen-bond acceptors (Lipinski definition) is 3. The van der Waals surface area contributed by atoms with E-state index in [0.717, 1.165) is 32.6 Å². The van der Waals surface area contributed by atoms with Crippen molar-refractivity contribution >= 4 is 5.91 Å². The lowest BCUT2D eigenvalue weighted by Crippen LogP contribution is -2.43. The van der Waals surface area contributed by atoms with Gasteiger partial charge in [0, 0.05) is 44.3 Å². The smallest absolute Gasteiger partial charge is 0.224 e. The number of rotatable bonds is 3. The Balaban J connectivity index is 1.50. The van der Waals surface area contributed by atoms with Crippen molar-refractivity contribution in [2.24, 2.45) is 0 Å². The van der Waals surface area contributed by atoms with Crippen LogP contribution < -0.4 is 5.32 Å². The number of amides is 1. The lowest BCUT2D eigenvalue weighted by atomic mass is 10.1. The van der Waals surface area contributed by atoms with E-state index in [4.69, 9.17) is 4.74 Å². The second-order valence-electron chi connectivity index (χ2n) is 5.23. The molecule has 16 heavy (non-hydrogen) atoms. The molecule has 90 valence electrons. The van der Waals surface area contributed by atoms with Crippen LogP contribution in [0.5, 0.6) is 0 Å². The van der Waals surface area contributed by atoms with Gasteiger partial charge in [-0.05, 0) is 25.7 Å². The molecular formula is C12H20N2O2. The Kier molecular flexibility index (Phi) is 2.86. The van der Waals surface area contributed by atoms with E-state index < -0.39 is 0 Å². The highest BCUT2D eigenvalue weighted by atomic mass is 16.5. The number of nitrogens with zero attached hydrogens (tertiary/aromatic N) is 1. The second kappa shape index (κ2) is 4.34. The van der Waals surface area contributed by atoms with Crippen molar-refractivity contribution in [3.63, 3.8) is 0 Å². The molecule has 1 amide bonds. The van der Waals surface area contributed by atoms with E-state index in [0.29, 0.717) is 30.5 Å². The Morgan fingerprint density at radius 3 is 2.56 bits per heavy atom.